The molecule has 0 atom stereocenters. The Kier molecular flexibility index (Phi) is 3.51. The van der Waals surface area contributed by atoms with Gasteiger partial charge >= 0.3 is 0 Å². The van der Waals surface area contributed by atoms with Gasteiger partial charge < -0.3 is 0 Å². The summed E-state index contributed by atoms with van der Waals surface area (Å²) >= 11 is 6.04. The zero-order valence-corrected chi connectivity index (χ0v) is 11.9. The molecule has 2 heterocycles. The van der Waals surface area contributed by atoms with Gasteiger partial charge in [0.15, 0.2) is 0 Å². The van der Waals surface area contributed by atoms with Crippen LogP contribution in [0.25, 0.3) is 0 Å². The van der Waals surface area contributed by atoms with Crippen LogP contribution in [-0.2, 0) is 0 Å². The standard InChI is InChI=1S/C10H9BrN2OS2/c1-5(2)8-10(16-13-12-8)9(14)6-3-15-4-7(6)11/h3-5H,1-2H3. The Morgan fingerprint density at radius 3 is 2.75 bits per heavy atom. The Hall–Kier alpha value is -0.590. The van der Waals surface area contributed by atoms with E-state index in [-0.39, 0.29) is 11.7 Å². The molecule has 0 radical (unpaired) electrons. The second kappa shape index (κ2) is 4.73. The molecule has 2 rings (SSSR count). The lowest BCUT2D eigenvalue weighted by molar-refractivity contribution is 0.104. The molecule has 0 unspecified atom stereocenters. The number of ketones is 1. The van der Waals surface area contributed by atoms with Crippen LogP contribution in [0.2, 0.25) is 0 Å². The van der Waals surface area contributed by atoms with Crippen molar-refractivity contribution in [3.8, 4) is 0 Å². The number of aromatic nitrogens is 2. The first kappa shape index (κ1) is 11.9. The fraction of sp³-hybridized carbons (Fsp3) is 0.300. The lowest BCUT2D eigenvalue weighted by atomic mass is 10.1. The summed E-state index contributed by atoms with van der Waals surface area (Å²) in [5.41, 5.74) is 1.48. The van der Waals surface area contributed by atoms with Crippen molar-refractivity contribution in [1.82, 2.24) is 9.59 Å². The number of thiophene rings is 1. The summed E-state index contributed by atoms with van der Waals surface area (Å²) in [7, 11) is 0. The Labute approximate surface area is 110 Å². The zero-order valence-electron chi connectivity index (χ0n) is 8.73. The molecule has 0 spiro atoms. The predicted molar refractivity (Wildman–Crippen MR) is 69.4 cm³/mol. The van der Waals surface area contributed by atoms with Crippen LogP contribution in [0, 0.1) is 0 Å². The molecule has 0 saturated heterocycles. The van der Waals surface area contributed by atoms with Crippen LogP contribution in [0.3, 0.4) is 0 Å². The van der Waals surface area contributed by atoms with Crippen LogP contribution in [0.5, 0.6) is 0 Å². The maximum Gasteiger partial charge on any atom is 0.208 e. The molecule has 3 nitrogen and oxygen atoms in total. The molecule has 0 amide bonds. The van der Waals surface area contributed by atoms with Crippen LogP contribution in [0.1, 0.15) is 40.7 Å². The third-order valence-corrected chi connectivity index (χ3v) is 4.57. The van der Waals surface area contributed by atoms with E-state index in [1.54, 1.807) is 0 Å². The van der Waals surface area contributed by atoms with E-state index in [1.807, 2.05) is 24.6 Å². The summed E-state index contributed by atoms with van der Waals surface area (Å²) in [6.07, 6.45) is 0. The fourth-order valence-corrected chi connectivity index (χ4v) is 3.53. The van der Waals surface area contributed by atoms with Crippen molar-refractivity contribution in [1.29, 1.82) is 0 Å². The van der Waals surface area contributed by atoms with E-state index in [0.717, 1.165) is 10.2 Å². The van der Waals surface area contributed by atoms with E-state index in [0.29, 0.717) is 10.4 Å². The highest BCUT2D eigenvalue weighted by Crippen LogP contribution is 2.28. The van der Waals surface area contributed by atoms with Crippen LogP contribution < -0.4 is 0 Å². The maximum atomic E-state index is 12.2. The van der Waals surface area contributed by atoms with Gasteiger partial charge in [0.1, 0.15) is 4.88 Å². The van der Waals surface area contributed by atoms with Crippen molar-refractivity contribution in [3.63, 3.8) is 0 Å². The molecule has 0 saturated carbocycles. The Morgan fingerprint density at radius 2 is 2.19 bits per heavy atom. The summed E-state index contributed by atoms with van der Waals surface area (Å²) in [4.78, 5) is 12.9. The molecule has 2 aromatic heterocycles. The molecule has 0 aliphatic heterocycles. The van der Waals surface area contributed by atoms with Gasteiger partial charge in [0.25, 0.3) is 0 Å². The molecular formula is C10H9BrN2OS2. The topological polar surface area (TPSA) is 42.9 Å². The van der Waals surface area contributed by atoms with E-state index in [2.05, 4.69) is 25.5 Å². The van der Waals surface area contributed by atoms with Crippen molar-refractivity contribution in [2.45, 2.75) is 19.8 Å². The predicted octanol–water partition coefficient (Wildman–Crippen LogP) is 3.72. The molecule has 0 fully saturated rings. The molecular weight excluding hydrogens is 308 g/mol. The summed E-state index contributed by atoms with van der Waals surface area (Å²) in [6.45, 7) is 4.02. The van der Waals surface area contributed by atoms with Crippen LogP contribution in [0.4, 0.5) is 0 Å². The highest BCUT2D eigenvalue weighted by atomic mass is 79.9. The summed E-state index contributed by atoms with van der Waals surface area (Å²) in [6, 6.07) is 0. The van der Waals surface area contributed by atoms with Gasteiger partial charge in [-0.3, -0.25) is 4.79 Å². The first-order valence-electron chi connectivity index (χ1n) is 4.70. The molecule has 0 N–H and O–H groups in total. The number of nitrogens with zero attached hydrogens (tertiary/aromatic N) is 2. The molecule has 0 aromatic carbocycles. The van der Waals surface area contributed by atoms with Gasteiger partial charge in [-0.1, -0.05) is 18.3 Å². The Morgan fingerprint density at radius 1 is 1.44 bits per heavy atom. The SMILES string of the molecule is CC(C)c1nnsc1C(=O)c1cscc1Br. The number of hydrogen-bond acceptors (Lipinski definition) is 5. The average molecular weight is 317 g/mol. The highest BCUT2D eigenvalue weighted by Gasteiger charge is 2.21. The van der Waals surface area contributed by atoms with E-state index < -0.39 is 0 Å². The highest BCUT2D eigenvalue weighted by molar-refractivity contribution is 9.10. The van der Waals surface area contributed by atoms with Crippen LogP contribution >= 0.6 is 38.8 Å². The van der Waals surface area contributed by atoms with Crippen molar-refractivity contribution < 1.29 is 4.79 Å². The van der Waals surface area contributed by atoms with Gasteiger partial charge in [-0.2, -0.15) is 11.3 Å². The van der Waals surface area contributed by atoms with Gasteiger partial charge in [-0.15, -0.1) is 5.10 Å². The molecule has 84 valence electrons. The lowest BCUT2D eigenvalue weighted by Crippen LogP contribution is -2.03. The van der Waals surface area contributed by atoms with Gasteiger partial charge in [0.05, 0.1) is 5.69 Å². The first-order valence-corrected chi connectivity index (χ1v) is 7.20. The van der Waals surface area contributed by atoms with E-state index in [9.17, 15) is 4.79 Å². The fourth-order valence-electron chi connectivity index (χ4n) is 1.30. The monoisotopic (exact) mass is 316 g/mol. The molecule has 16 heavy (non-hydrogen) atoms. The van der Waals surface area contributed by atoms with Gasteiger partial charge in [0.2, 0.25) is 5.78 Å². The second-order valence-corrected chi connectivity index (χ2v) is 5.96. The smallest absolute Gasteiger partial charge is 0.208 e. The average Bonchev–Trinajstić information content (AvgIpc) is 2.84. The van der Waals surface area contributed by atoms with Gasteiger partial charge in [-0.25, -0.2) is 0 Å². The Balaban J connectivity index is 2.42. The minimum atomic E-state index is 0.00632. The number of carbonyl (C=O) groups is 1. The van der Waals surface area contributed by atoms with E-state index in [4.69, 9.17) is 0 Å². The minimum absolute atomic E-state index is 0.00632. The lowest BCUT2D eigenvalue weighted by Gasteiger charge is -2.02. The molecule has 0 aliphatic carbocycles. The number of halogens is 1. The van der Waals surface area contributed by atoms with Crippen molar-refractivity contribution in [3.05, 3.63) is 31.4 Å². The quantitative estimate of drug-likeness (QED) is 0.810. The van der Waals surface area contributed by atoms with Gasteiger partial charge in [-0.05, 0) is 33.4 Å². The summed E-state index contributed by atoms with van der Waals surface area (Å²) in [5, 5.41) is 7.76. The maximum absolute atomic E-state index is 12.2. The van der Waals surface area contributed by atoms with E-state index >= 15 is 0 Å². The minimum Gasteiger partial charge on any atom is -0.287 e. The third-order valence-electron chi connectivity index (χ3n) is 2.13. The van der Waals surface area contributed by atoms with Gasteiger partial charge in [0, 0.05) is 20.8 Å². The summed E-state index contributed by atoms with van der Waals surface area (Å²) in [5.74, 6) is 0.224. The largest absolute Gasteiger partial charge is 0.287 e. The van der Waals surface area contributed by atoms with Crippen LogP contribution in [0.15, 0.2) is 15.2 Å². The van der Waals surface area contributed by atoms with Crippen molar-refractivity contribution in [2.24, 2.45) is 0 Å². The number of rotatable bonds is 3. The molecule has 2 aromatic rings. The molecule has 0 aliphatic rings. The van der Waals surface area contributed by atoms with Crippen LogP contribution in [-0.4, -0.2) is 15.4 Å². The number of hydrogen-bond donors (Lipinski definition) is 0. The third kappa shape index (κ3) is 2.09. The normalized spacial score (nSPS) is 11.0. The molecule has 6 heteroatoms. The number of carbonyl (C=O) groups excluding carboxylic acids is 1. The first-order chi connectivity index (χ1) is 7.61. The summed E-state index contributed by atoms with van der Waals surface area (Å²) < 4.78 is 4.70. The van der Waals surface area contributed by atoms with Crippen molar-refractivity contribution in [2.75, 3.05) is 0 Å². The zero-order chi connectivity index (χ0) is 11.7. The Bertz CT molecular complexity index is 518. The van der Waals surface area contributed by atoms with E-state index in [1.165, 1.54) is 22.9 Å². The second-order valence-electron chi connectivity index (χ2n) is 3.60. The molecule has 0 bridgehead atoms. The van der Waals surface area contributed by atoms with Crippen molar-refractivity contribution >= 4 is 44.6 Å².